The number of phosphoric acid groups is 1. The Morgan fingerprint density at radius 2 is 0.984 bits per heavy atom. The third kappa shape index (κ3) is 43.7. The molecule has 0 aromatic rings. The van der Waals surface area contributed by atoms with Crippen LogP contribution < -0.4 is 0 Å². The molecular weight excluding hydrogens is 806 g/mol. The van der Waals surface area contributed by atoms with Gasteiger partial charge in [-0.3, -0.25) is 18.6 Å². The highest BCUT2D eigenvalue weighted by Crippen LogP contribution is 2.43. The number of ether oxygens (including phenoxy) is 2. The Hall–Kier alpha value is -1.59. The van der Waals surface area contributed by atoms with Crippen LogP contribution in [0.5, 0.6) is 0 Å². The molecular formula is C50H97NO10P+. The minimum atomic E-state index is -4.41. The minimum Gasteiger partial charge on any atom is -0.462 e. The van der Waals surface area contributed by atoms with E-state index < -0.39 is 44.7 Å². The molecule has 1 unspecified atom stereocenters. The number of aliphatic hydroxyl groups is 2. The molecule has 0 aromatic carbocycles. The first-order valence-electron chi connectivity index (χ1n) is 25.2. The first-order valence-corrected chi connectivity index (χ1v) is 26.7. The number of carbonyl (C=O) groups excluding carboxylic acids is 2. The van der Waals surface area contributed by atoms with E-state index in [0.29, 0.717) is 36.7 Å². The van der Waals surface area contributed by atoms with Gasteiger partial charge in [-0.15, -0.1) is 0 Å². The van der Waals surface area contributed by atoms with Crippen molar-refractivity contribution in [2.45, 2.75) is 238 Å². The predicted octanol–water partition coefficient (Wildman–Crippen LogP) is 12.6. The van der Waals surface area contributed by atoms with Gasteiger partial charge in [0.1, 0.15) is 19.8 Å². The maximum atomic E-state index is 12.8. The van der Waals surface area contributed by atoms with Crippen LogP contribution in [-0.4, -0.2) is 97.3 Å². The number of quaternary nitrogens is 1. The van der Waals surface area contributed by atoms with Crippen LogP contribution in [-0.2, 0) is 32.7 Å². The molecule has 0 bridgehead atoms. The monoisotopic (exact) mass is 903 g/mol. The predicted molar refractivity (Wildman–Crippen MR) is 255 cm³/mol. The first kappa shape index (κ1) is 60.4. The quantitative estimate of drug-likeness (QED) is 0.0177. The highest BCUT2D eigenvalue weighted by molar-refractivity contribution is 7.47. The zero-order valence-corrected chi connectivity index (χ0v) is 41.5. The third-order valence-electron chi connectivity index (χ3n) is 11.2. The van der Waals surface area contributed by atoms with Crippen LogP contribution in [0.1, 0.15) is 219 Å². The lowest BCUT2D eigenvalue weighted by Crippen LogP contribution is -2.37. The second kappa shape index (κ2) is 42.1. The van der Waals surface area contributed by atoms with E-state index in [2.05, 4.69) is 32.1 Å². The summed E-state index contributed by atoms with van der Waals surface area (Å²) in [6, 6.07) is 0. The number of nitrogens with zero attached hydrogens (tertiary/aromatic N) is 1. The summed E-state index contributed by atoms with van der Waals surface area (Å²) in [5, 5.41) is 20.5. The van der Waals surface area contributed by atoms with Gasteiger partial charge in [-0.05, 0) is 64.2 Å². The molecule has 0 aromatic heterocycles. The van der Waals surface area contributed by atoms with Crippen LogP contribution in [0.2, 0.25) is 0 Å². The van der Waals surface area contributed by atoms with Crippen LogP contribution in [0, 0.1) is 0 Å². The van der Waals surface area contributed by atoms with Gasteiger partial charge in [-0.25, -0.2) is 4.57 Å². The fourth-order valence-electron chi connectivity index (χ4n) is 7.03. The molecule has 0 fully saturated rings. The van der Waals surface area contributed by atoms with Crippen LogP contribution in [0.15, 0.2) is 24.3 Å². The van der Waals surface area contributed by atoms with E-state index in [1.54, 1.807) is 0 Å². The van der Waals surface area contributed by atoms with E-state index in [0.717, 1.165) is 57.8 Å². The zero-order valence-electron chi connectivity index (χ0n) is 40.6. The number of aliphatic hydroxyl groups excluding tert-OH is 2. The summed E-state index contributed by atoms with van der Waals surface area (Å²) in [5.41, 5.74) is 0. The third-order valence-corrected chi connectivity index (χ3v) is 12.1. The molecule has 0 radical (unpaired) electrons. The molecule has 0 aliphatic heterocycles. The number of allylic oxidation sites excluding steroid dienone is 3. The summed E-state index contributed by atoms with van der Waals surface area (Å²) in [7, 11) is 1.40. The highest BCUT2D eigenvalue weighted by atomic mass is 31.2. The van der Waals surface area contributed by atoms with Crippen molar-refractivity contribution >= 4 is 19.8 Å². The number of hydrogen-bond acceptors (Lipinski definition) is 9. The highest BCUT2D eigenvalue weighted by Gasteiger charge is 2.27. The van der Waals surface area contributed by atoms with E-state index in [1.165, 1.54) is 109 Å². The normalized spacial score (nSPS) is 14.6. The lowest BCUT2D eigenvalue weighted by Gasteiger charge is -2.24. The van der Waals surface area contributed by atoms with Gasteiger partial charge in [0.25, 0.3) is 0 Å². The molecule has 12 heteroatoms. The van der Waals surface area contributed by atoms with Gasteiger partial charge < -0.3 is 29.1 Å². The Morgan fingerprint density at radius 1 is 0.548 bits per heavy atom. The molecule has 4 atom stereocenters. The van der Waals surface area contributed by atoms with Crippen molar-refractivity contribution in [1.82, 2.24) is 0 Å². The van der Waals surface area contributed by atoms with Crippen LogP contribution in [0.25, 0.3) is 0 Å². The van der Waals surface area contributed by atoms with Gasteiger partial charge >= 0.3 is 19.8 Å². The van der Waals surface area contributed by atoms with E-state index in [-0.39, 0.29) is 26.1 Å². The lowest BCUT2D eigenvalue weighted by atomic mass is 10.0. The largest absolute Gasteiger partial charge is 0.472 e. The molecule has 0 spiro atoms. The standard InChI is InChI=1S/C50H96NO10P/c1-6-8-10-12-14-15-16-17-18-19-20-21-22-23-24-25-26-27-28-32-37-41-50(55)61-46(45-60-62(56,57)59-43-42-51(3,4)5)44-58-49(54)40-36-33-29-31-35-39-48(53)47(52)38-34-30-13-11-9-7-2/h17-18,30,34,46-48,52-53H,6-16,19-29,31-33,35-45H2,1-5H3/p+1/b18-17-,34-30-/t46-,47-,48-/m1/s1. The van der Waals surface area contributed by atoms with E-state index >= 15 is 0 Å². The van der Waals surface area contributed by atoms with Crippen LogP contribution in [0.4, 0.5) is 0 Å². The zero-order chi connectivity index (χ0) is 46.0. The average molecular weight is 903 g/mol. The molecule has 0 heterocycles. The molecule has 0 aliphatic carbocycles. The van der Waals surface area contributed by atoms with E-state index in [1.807, 2.05) is 27.2 Å². The van der Waals surface area contributed by atoms with Crippen molar-refractivity contribution in [2.75, 3.05) is 47.5 Å². The van der Waals surface area contributed by atoms with Gasteiger partial charge in [-0.2, -0.15) is 0 Å². The molecule has 11 nitrogen and oxygen atoms in total. The van der Waals surface area contributed by atoms with Crippen LogP contribution in [0.3, 0.4) is 0 Å². The fraction of sp³-hybridized carbons (Fsp3) is 0.880. The summed E-state index contributed by atoms with van der Waals surface area (Å²) in [5.74, 6) is -0.904. The number of esters is 2. The lowest BCUT2D eigenvalue weighted by molar-refractivity contribution is -0.870. The topological polar surface area (TPSA) is 149 Å². The Kier molecular flexibility index (Phi) is 41.0. The SMILES string of the molecule is CCCCC/C=C\C[C@@H](O)[C@H](O)CCCCCCCC(=O)OC[C@H](COP(=O)(O)OCC[N+](C)(C)C)OC(=O)CCCCCCCCCCCCC/C=C\CCCCCCCC. The van der Waals surface area contributed by atoms with Gasteiger partial charge in [0.05, 0.1) is 40.0 Å². The van der Waals surface area contributed by atoms with Gasteiger partial charge in [-0.1, -0.05) is 167 Å². The number of carbonyl (C=O) groups is 2. The van der Waals surface area contributed by atoms with Gasteiger partial charge in [0, 0.05) is 12.8 Å². The van der Waals surface area contributed by atoms with E-state index in [4.69, 9.17) is 18.5 Å². The second-order valence-electron chi connectivity index (χ2n) is 18.5. The fourth-order valence-corrected chi connectivity index (χ4v) is 7.77. The van der Waals surface area contributed by atoms with Crippen molar-refractivity contribution in [1.29, 1.82) is 0 Å². The number of unbranched alkanes of at least 4 members (excludes halogenated alkanes) is 24. The molecule has 0 aliphatic rings. The summed E-state index contributed by atoms with van der Waals surface area (Å²) >= 11 is 0. The van der Waals surface area contributed by atoms with Crippen molar-refractivity contribution < 1.29 is 52.3 Å². The molecule has 62 heavy (non-hydrogen) atoms. The first-order chi connectivity index (χ1) is 29.8. The maximum Gasteiger partial charge on any atom is 0.472 e. The number of rotatable bonds is 46. The number of likely N-dealkylation sites (N-methyl/N-ethyl adjacent to an activating group) is 1. The second-order valence-corrected chi connectivity index (χ2v) is 20.0. The Balaban J connectivity index is 4.34. The van der Waals surface area contributed by atoms with Gasteiger partial charge in [0.15, 0.2) is 6.10 Å². The van der Waals surface area contributed by atoms with Crippen molar-refractivity contribution in [2.24, 2.45) is 0 Å². The summed E-state index contributed by atoms with van der Waals surface area (Å²) in [6.45, 7) is 4.21. The Bertz CT molecular complexity index is 1140. The molecule has 0 saturated carbocycles. The molecule has 0 saturated heterocycles. The average Bonchev–Trinajstić information content (AvgIpc) is 3.22. The van der Waals surface area contributed by atoms with Crippen molar-refractivity contribution in [3.05, 3.63) is 24.3 Å². The summed E-state index contributed by atoms with van der Waals surface area (Å²) in [6.07, 6.45) is 39.6. The van der Waals surface area contributed by atoms with Crippen molar-refractivity contribution in [3.63, 3.8) is 0 Å². The molecule has 366 valence electrons. The number of hydrogen-bond donors (Lipinski definition) is 3. The minimum absolute atomic E-state index is 0.00753. The van der Waals surface area contributed by atoms with Crippen LogP contribution >= 0.6 is 7.82 Å². The smallest absolute Gasteiger partial charge is 0.462 e. The summed E-state index contributed by atoms with van der Waals surface area (Å²) in [4.78, 5) is 35.5. The number of phosphoric ester groups is 1. The van der Waals surface area contributed by atoms with Crippen molar-refractivity contribution in [3.8, 4) is 0 Å². The van der Waals surface area contributed by atoms with Gasteiger partial charge in [0.2, 0.25) is 0 Å². The molecule has 3 N–H and O–H groups in total. The molecule has 0 amide bonds. The Labute approximate surface area is 380 Å². The Morgan fingerprint density at radius 3 is 1.52 bits per heavy atom. The molecule has 0 rings (SSSR count). The maximum absolute atomic E-state index is 12.8. The van der Waals surface area contributed by atoms with E-state index in [9.17, 15) is 29.3 Å². The summed E-state index contributed by atoms with van der Waals surface area (Å²) < 4.78 is 34.3.